The van der Waals surface area contributed by atoms with Gasteiger partial charge in [-0.2, -0.15) is 16.9 Å². The Bertz CT molecular complexity index is 441. The van der Waals surface area contributed by atoms with Crippen LogP contribution in [0, 0.1) is 0 Å². The van der Waals surface area contributed by atoms with Crippen molar-refractivity contribution in [2.24, 2.45) is 0 Å². The lowest BCUT2D eigenvalue weighted by Crippen LogP contribution is -2.44. The van der Waals surface area contributed by atoms with E-state index >= 15 is 0 Å². The summed E-state index contributed by atoms with van der Waals surface area (Å²) in [6.07, 6.45) is 2.37. The van der Waals surface area contributed by atoms with E-state index < -0.39 is 5.60 Å². The molecular weight excluding hydrogens is 264 g/mol. The van der Waals surface area contributed by atoms with Crippen LogP contribution in [0.1, 0.15) is 26.3 Å². The minimum Gasteiger partial charge on any atom is -0.387 e. The molecule has 2 heterocycles. The normalized spacial score (nSPS) is 22.7. The van der Waals surface area contributed by atoms with Gasteiger partial charge in [-0.15, -0.1) is 0 Å². The van der Waals surface area contributed by atoms with Gasteiger partial charge >= 0.3 is 6.03 Å². The summed E-state index contributed by atoms with van der Waals surface area (Å²) in [5.41, 5.74) is -0.764. The standard InChI is InChI=1S/C12H20N4O2S/c1-9(2)16-10(3-5-14-16)15-11(17)13-7-12(18)4-6-19-8-12/h3,5,9,18H,4,6-8H2,1-2H3,(H2,13,15,17). The number of aliphatic hydroxyl groups is 1. The van der Waals surface area contributed by atoms with Crippen LogP contribution in [0.15, 0.2) is 12.3 Å². The van der Waals surface area contributed by atoms with Crippen LogP contribution in [-0.4, -0.2) is 44.6 Å². The smallest absolute Gasteiger partial charge is 0.320 e. The predicted molar refractivity (Wildman–Crippen MR) is 76.5 cm³/mol. The Morgan fingerprint density at radius 3 is 3.11 bits per heavy atom. The van der Waals surface area contributed by atoms with Crippen molar-refractivity contribution in [1.29, 1.82) is 0 Å². The van der Waals surface area contributed by atoms with E-state index in [0.717, 1.165) is 12.2 Å². The molecule has 1 fully saturated rings. The molecule has 1 atom stereocenters. The van der Waals surface area contributed by atoms with Gasteiger partial charge < -0.3 is 10.4 Å². The Labute approximate surface area is 116 Å². The molecule has 0 aliphatic carbocycles. The van der Waals surface area contributed by atoms with Crippen LogP contribution in [-0.2, 0) is 0 Å². The number of hydrogen-bond donors (Lipinski definition) is 3. The van der Waals surface area contributed by atoms with Gasteiger partial charge in [-0.1, -0.05) is 0 Å². The maximum absolute atomic E-state index is 11.8. The SMILES string of the molecule is CC(C)n1nccc1NC(=O)NCC1(O)CCSC1. The molecule has 19 heavy (non-hydrogen) atoms. The summed E-state index contributed by atoms with van der Waals surface area (Å²) in [7, 11) is 0. The quantitative estimate of drug-likeness (QED) is 0.782. The Balaban J connectivity index is 1.85. The second kappa shape index (κ2) is 5.83. The first-order chi connectivity index (χ1) is 9.00. The van der Waals surface area contributed by atoms with Crippen LogP contribution < -0.4 is 10.6 Å². The first kappa shape index (κ1) is 14.2. The summed E-state index contributed by atoms with van der Waals surface area (Å²) in [5, 5.41) is 19.7. The number of carbonyl (C=O) groups excluding carboxylic acids is 1. The van der Waals surface area contributed by atoms with E-state index in [1.165, 1.54) is 0 Å². The zero-order valence-corrected chi connectivity index (χ0v) is 12.0. The van der Waals surface area contributed by atoms with Crippen molar-refractivity contribution in [3.63, 3.8) is 0 Å². The molecule has 3 N–H and O–H groups in total. The van der Waals surface area contributed by atoms with E-state index in [4.69, 9.17) is 0 Å². The Morgan fingerprint density at radius 2 is 2.47 bits per heavy atom. The molecule has 1 saturated heterocycles. The van der Waals surface area contributed by atoms with Gasteiger partial charge in [0.2, 0.25) is 0 Å². The fourth-order valence-corrected chi connectivity index (χ4v) is 3.26. The van der Waals surface area contributed by atoms with Crippen LogP contribution in [0.5, 0.6) is 0 Å². The maximum atomic E-state index is 11.8. The highest BCUT2D eigenvalue weighted by atomic mass is 32.2. The number of nitrogens with zero attached hydrogens (tertiary/aromatic N) is 2. The lowest BCUT2D eigenvalue weighted by atomic mass is 10.0. The highest BCUT2D eigenvalue weighted by Gasteiger charge is 2.31. The number of hydrogen-bond acceptors (Lipinski definition) is 4. The van der Waals surface area contributed by atoms with Crippen molar-refractivity contribution >= 4 is 23.6 Å². The number of urea groups is 1. The van der Waals surface area contributed by atoms with Crippen molar-refractivity contribution in [3.05, 3.63) is 12.3 Å². The molecule has 0 radical (unpaired) electrons. The molecule has 1 unspecified atom stereocenters. The van der Waals surface area contributed by atoms with E-state index in [0.29, 0.717) is 11.6 Å². The number of nitrogens with one attached hydrogen (secondary N) is 2. The third kappa shape index (κ3) is 3.63. The van der Waals surface area contributed by atoms with Crippen molar-refractivity contribution < 1.29 is 9.90 Å². The molecule has 1 aliphatic rings. The van der Waals surface area contributed by atoms with Crippen molar-refractivity contribution in [3.8, 4) is 0 Å². The third-order valence-electron chi connectivity index (χ3n) is 3.06. The largest absolute Gasteiger partial charge is 0.387 e. The topological polar surface area (TPSA) is 79.2 Å². The predicted octanol–water partition coefficient (Wildman–Crippen LogP) is 1.45. The van der Waals surface area contributed by atoms with Crippen molar-refractivity contribution in [1.82, 2.24) is 15.1 Å². The summed E-state index contributed by atoms with van der Waals surface area (Å²) >= 11 is 1.71. The van der Waals surface area contributed by atoms with Gasteiger partial charge in [0, 0.05) is 24.4 Å². The number of thioether (sulfide) groups is 1. The average molecular weight is 284 g/mol. The third-order valence-corrected chi connectivity index (χ3v) is 4.30. The molecule has 0 aromatic carbocycles. The van der Waals surface area contributed by atoms with Crippen LogP contribution in [0.4, 0.5) is 10.6 Å². The van der Waals surface area contributed by atoms with E-state index in [1.807, 2.05) is 13.8 Å². The molecule has 0 spiro atoms. The Kier molecular flexibility index (Phi) is 4.36. The van der Waals surface area contributed by atoms with E-state index in [9.17, 15) is 9.90 Å². The highest BCUT2D eigenvalue weighted by molar-refractivity contribution is 7.99. The zero-order chi connectivity index (χ0) is 13.9. The second-order valence-electron chi connectivity index (χ2n) is 5.09. The second-order valence-corrected chi connectivity index (χ2v) is 6.19. The van der Waals surface area contributed by atoms with Crippen LogP contribution in [0.25, 0.3) is 0 Å². The molecule has 1 aromatic heterocycles. The summed E-state index contributed by atoms with van der Waals surface area (Å²) in [5.74, 6) is 2.28. The van der Waals surface area contributed by atoms with Crippen LogP contribution in [0.3, 0.4) is 0 Å². The highest BCUT2D eigenvalue weighted by Crippen LogP contribution is 2.26. The molecule has 0 saturated carbocycles. The van der Waals surface area contributed by atoms with Gasteiger partial charge in [-0.05, 0) is 26.0 Å². The molecule has 7 heteroatoms. The number of anilines is 1. The number of carbonyl (C=O) groups is 1. The lowest BCUT2D eigenvalue weighted by Gasteiger charge is -2.21. The van der Waals surface area contributed by atoms with Crippen molar-refractivity contribution in [2.45, 2.75) is 31.9 Å². The fourth-order valence-electron chi connectivity index (χ4n) is 1.97. The van der Waals surface area contributed by atoms with Gasteiger partial charge in [0.25, 0.3) is 0 Å². The van der Waals surface area contributed by atoms with E-state index in [2.05, 4.69) is 15.7 Å². The average Bonchev–Trinajstić information content (AvgIpc) is 2.96. The van der Waals surface area contributed by atoms with E-state index in [1.54, 1.807) is 28.7 Å². The monoisotopic (exact) mass is 284 g/mol. The fraction of sp³-hybridized carbons (Fsp3) is 0.667. The van der Waals surface area contributed by atoms with Gasteiger partial charge in [0.05, 0.1) is 11.8 Å². The first-order valence-electron chi connectivity index (χ1n) is 6.39. The molecular formula is C12H20N4O2S. The summed E-state index contributed by atoms with van der Waals surface area (Å²) < 4.78 is 1.74. The molecule has 6 nitrogen and oxygen atoms in total. The lowest BCUT2D eigenvalue weighted by molar-refractivity contribution is 0.0706. The Morgan fingerprint density at radius 1 is 1.68 bits per heavy atom. The molecule has 0 bridgehead atoms. The van der Waals surface area contributed by atoms with Crippen molar-refractivity contribution in [2.75, 3.05) is 23.4 Å². The van der Waals surface area contributed by atoms with Gasteiger partial charge in [-0.3, -0.25) is 5.32 Å². The summed E-state index contributed by atoms with van der Waals surface area (Å²) in [6.45, 7) is 4.27. The maximum Gasteiger partial charge on any atom is 0.320 e. The van der Waals surface area contributed by atoms with Crippen LogP contribution in [0.2, 0.25) is 0 Å². The molecule has 2 rings (SSSR count). The van der Waals surface area contributed by atoms with Crippen LogP contribution >= 0.6 is 11.8 Å². The molecule has 2 amide bonds. The van der Waals surface area contributed by atoms with Gasteiger partial charge in [0.1, 0.15) is 5.82 Å². The molecule has 1 aromatic rings. The number of aromatic nitrogens is 2. The summed E-state index contributed by atoms with van der Waals surface area (Å²) in [4.78, 5) is 11.8. The van der Waals surface area contributed by atoms with E-state index in [-0.39, 0.29) is 18.6 Å². The zero-order valence-electron chi connectivity index (χ0n) is 11.2. The molecule has 106 valence electrons. The number of rotatable bonds is 4. The minimum absolute atomic E-state index is 0.181. The molecule has 1 aliphatic heterocycles. The minimum atomic E-state index is -0.764. The first-order valence-corrected chi connectivity index (χ1v) is 7.54. The number of amides is 2. The Hall–Kier alpha value is -1.21. The van der Waals surface area contributed by atoms with Gasteiger partial charge in [0.15, 0.2) is 0 Å². The van der Waals surface area contributed by atoms with Gasteiger partial charge in [-0.25, -0.2) is 9.48 Å². The summed E-state index contributed by atoms with van der Waals surface area (Å²) in [6, 6.07) is 1.62.